The van der Waals surface area contributed by atoms with Crippen LogP contribution in [-0.2, 0) is 0 Å². The van der Waals surface area contributed by atoms with Crippen molar-refractivity contribution in [1.82, 2.24) is 0 Å². The van der Waals surface area contributed by atoms with E-state index in [1.807, 2.05) is 6.08 Å². The van der Waals surface area contributed by atoms with Gasteiger partial charge in [0.1, 0.15) is 0 Å². The number of hydrogen-bond donors (Lipinski definition) is 0. The summed E-state index contributed by atoms with van der Waals surface area (Å²) in [4.78, 5) is 0. The zero-order valence-electron chi connectivity index (χ0n) is 5.02. The Hall–Kier alpha value is -0.770. The van der Waals surface area contributed by atoms with Crippen LogP contribution in [-0.4, -0.2) is 0 Å². The maximum absolute atomic E-state index is 8.42. The number of hydrogen-bond acceptors (Lipinski definition) is 1. The highest BCUT2D eigenvalue weighted by Crippen LogP contribution is 2.23. The third kappa shape index (κ3) is 0.742. The molecule has 0 fully saturated rings. The van der Waals surface area contributed by atoms with Gasteiger partial charge in [-0.1, -0.05) is 13.0 Å². The van der Waals surface area contributed by atoms with Gasteiger partial charge in [0.25, 0.3) is 0 Å². The van der Waals surface area contributed by atoms with Crippen molar-refractivity contribution in [3.05, 3.63) is 11.6 Å². The van der Waals surface area contributed by atoms with Gasteiger partial charge in [0.2, 0.25) is 0 Å². The molecule has 1 unspecified atom stereocenters. The highest BCUT2D eigenvalue weighted by atomic mass is 14.3. The molecule has 0 amide bonds. The van der Waals surface area contributed by atoms with E-state index in [1.54, 1.807) is 0 Å². The molecule has 0 aromatic rings. The van der Waals surface area contributed by atoms with Crippen molar-refractivity contribution in [2.75, 3.05) is 0 Å². The van der Waals surface area contributed by atoms with Crippen LogP contribution >= 0.6 is 0 Å². The summed E-state index contributed by atoms with van der Waals surface area (Å²) in [5.74, 6) is 0.528. The van der Waals surface area contributed by atoms with E-state index in [9.17, 15) is 0 Å². The number of allylic oxidation sites excluding steroid dienone is 2. The summed E-state index contributed by atoms with van der Waals surface area (Å²) in [6.07, 6.45) is 4.30. The Kier molecular flexibility index (Phi) is 1.34. The molecule has 0 aromatic carbocycles. The van der Waals surface area contributed by atoms with E-state index in [2.05, 4.69) is 13.0 Å². The van der Waals surface area contributed by atoms with Crippen LogP contribution in [0.25, 0.3) is 0 Å². The minimum atomic E-state index is 0.528. The van der Waals surface area contributed by atoms with Gasteiger partial charge in [-0.2, -0.15) is 5.26 Å². The molecule has 0 aromatic heterocycles. The molecule has 1 atom stereocenters. The Morgan fingerprint density at radius 3 is 2.88 bits per heavy atom. The molecule has 0 spiro atoms. The molecule has 0 saturated heterocycles. The molecule has 0 saturated carbocycles. The molecule has 1 rings (SSSR count). The van der Waals surface area contributed by atoms with Gasteiger partial charge in [-0.25, -0.2) is 0 Å². The minimum absolute atomic E-state index is 0.528. The van der Waals surface area contributed by atoms with Gasteiger partial charge < -0.3 is 0 Å². The zero-order valence-corrected chi connectivity index (χ0v) is 5.02. The Morgan fingerprint density at radius 1 is 1.88 bits per heavy atom. The highest BCUT2D eigenvalue weighted by molar-refractivity contribution is 5.26. The normalized spacial score (nSPS) is 27.0. The second-order valence-corrected chi connectivity index (χ2v) is 2.25. The van der Waals surface area contributed by atoms with Crippen LogP contribution in [0.15, 0.2) is 11.6 Å². The Balaban J connectivity index is 2.66. The van der Waals surface area contributed by atoms with Gasteiger partial charge >= 0.3 is 0 Å². The van der Waals surface area contributed by atoms with Gasteiger partial charge in [0.15, 0.2) is 0 Å². The van der Waals surface area contributed by atoms with Gasteiger partial charge in [0.05, 0.1) is 6.07 Å². The number of nitriles is 1. The lowest BCUT2D eigenvalue weighted by atomic mass is 10.1. The summed E-state index contributed by atoms with van der Waals surface area (Å²) < 4.78 is 0. The molecule has 1 aliphatic carbocycles. The van der Waals surface area contributed by atoms with E-state index in [0.717, 1.165) is 12.0 Å². The quantitative estimate of drug-likeness (QED) is 0.463. The van der Waals surface area contributed by atoms with E-state index >= 15 is 0 Å². The van der Waals surface area contributed by atoms with E-state index in [0.29, 0.717) is 5.92 Å². The lowest BCUT2D eigenvalue weighted by Gasteiger charge is -1.96. The van der Waals surface area contributed by atoms with Crippen molar-refractivity contribution in [2.45, 2.75) is 19.8 Å². The molecule has 0 N–H and O–H groups in total. The summed E-state index contributed by atoms with van der Waals surface area (Å²) in [5.41, 5.74) is 0.977. The molecule has 0 radical (unpaired) electrons. The van der Waals surface area contributed by atoms with Crippen molar-refractivity contribution in [2.24, 2.45) is 5.92 Å². The molecule has 1 nitrogen and oxygen atoms in total. The van der Waals surface area contributed by atoms with Crippen molar-refractivity contribution >= 4 is 0 Å². The largest absolute Gasteiger partial charge is 0.193 e. The molecule has 0 aliphatic heterocycles. The topological polar surface area (TPSA) is 23.8 Å². The summed E-state index contributed by atoms with van der Waals surface area (Å²) in [7, 11) is 0. The van der Waals surface area contributed by atoms with Crippen LogP contribution in [0, 0.1) is 17.2 Å². The predicted molar refractivity (Wildman–Crippen MR) is 32.1 cm³/mol. The lowest BCUT2D eigenvalue weighted by Crippen LogP contribution is -1.87. The first-order chi connectivity index (χ1) is 3.84. The van der Waals surface area contributed by atoms with Gasteiger partial charge in [-0.05, 0) is 18.8 Å². The molecule has 0 heterocycles. The van der Waals surface area contributed by atoms with Crippen molar-refractivity contribution in [3.63, 3.8) is 0 Å². The SMILES string of the molecule is CC1CCC=C1C#N. The van der Waals surface area contributed by atoms with Crippen molar-refractivity contribution < 1.29 is 0 Å². The van der Waals surface area contributed by atoms with Crippen LogP contribution in [0.5, 0.6) is 0 Å². The van der Waals surface area contributed by atoms with Gasteiger partial charge in [-0.15, -0.1) is 0 Å². The Bertz CT molecular complexity index is 150. The highest BCUT2D eigenvalue weighted by Gasteiger charge is 2.12. The maximum atomic E-state index is 8.42. The van der Waals surface area contributed by atoms with Crippen molar-refractivity contribution in [1.29, 1.82) is 5.26 Å². The lowest BCUT2D eigenvalue weighted by molar-refractivity contribution is 0.683. The number of rotatable bonds is 0. The van der Waals surface area contributed by atoms with Crippen molar-refractivity contribution in [3.8, 4) is 6.07 Å². The molecule has 1 heteroatoms. The molecular formula is C7H9N. The third-order valence-electron chi connectivity index (χ3n) is 1.62. The van der Waals surface area contributed by atoms with E-state index in [4.69, 9.17) is 5.26 Å². The monoisotopic (exact) mass is 107 g/mol. The zero-order chi connectivity index (χ0) is 5.98. The maximum Gasteiger partial charge on any atom is 0.0946 e. The summed E-state index contributed by atoms with van der Waals surface area (Å²) in [6.45, 7) is 2.10. The fourth-order valence-corrected chi connectivity index (χ4v) is 1.00. The van der Waals surface area contributed by atoms with Crippen LogP contribution < -0.4 is 0 Å². The average Bonchev–Trinajstić information content (AvgIpc) is 2.14. The van der Waals surface area contributed by atoms with E-state index in [1.165, 1.54) is 6.42 Å². The van der Waals surface area contributed by atoms with Gasteiger partial charge in [0, 0.05) is 5.57 Å². The molecule has 1 aliphatic rings. The molecule has 8 heavy (non-hydrogen) atoms. The standard InChI is InChI=1S/C7H9N/c1-6-3-2-4-7(6)5-8/h4,6H,2-3H2,1H3. The predicted octanol–water partition coefficient (Wildman–Crippen LogP) is 1.87. The summed E-state index contributed by atoms with van der Waals surface area (Å²) in [6, 6.07) is 2.17. The first kappa shape index (κ1) is 5.37. The molecule has 42 valence electrons. The van der Waals surface area contributed by atoms with Crippen LogP contribution in [0.3, 0.4) is 0 Å². The fourth-order valence-electron chi connectivity index (χ4n) is 1.00. The van der Waals surface area contributed by atoms with E-state index < -0.39 is 0 Å². The van der Waals surface area contributed by atoms with Crippen LogP contribution in [0.4, 0.5) is 0 Å². The Morgan fingerprint density at radius 2 is 2.62 bits per heavy atom. The molecular weight excluding hydrogens is 98.1 g/mol. The minimum Gasteiger partial charge on any atom is -0.193 e. The Labute approximate surface area is 49.6 Å². The second-order valence-electron chi connectivity index (χ2n) is 2.25. The summed E-state index contributed by atoms with van der Waals surface area (Å²) in [5, 5.41) is 8.42. The third-order valence-corrected chi connectivity index (χ3v) is 1.62. The second kappa shape index (κ2) is 2.00. The van der Waals surface area contributed by atoms with Gasteiger partial charge in [-0.3, -0.25) is 0 Å². The first-order valence-corrected chi connectivity index (χ1v) is 2.94. The molecule has 0 bridgehead atoms. The van der Waals surface area contributed by atoms with Crippen LogP contribution in [0.1, 0.15) is 19.8 Å². The average molecular weight is 107 g/mol. The fraction of sp³-hybridized carbons (Fsp3) is 0.571. The number of nitrogens with zero attached hydrogens (tertiary/aromatic N) is 1. The van der Waals surface area contributed by atoms with Crippen LogP contribution in [0.2, 0.25) is 0 Å². The summed E-state index contributed by atoms with van der Waals surface area (Å²) >= 11 is 0. The van der Waals surface area contributed by atoms with E-state index in [-0.39, 0.29) is 0 Å². The first-order valence-electron chi connectivity index (χ1n) is 2.94. The smallest absolute Gasteiger partial charge is 0.0946 e.